The first-order valence-corrected chi connectivity index (χ1v) is 9.50. The smallest absolute Gasteiger partial charge is 0.262 e. The summed E-state index contributed by atoms with van der Waals surface area (Å²) in [6.45, 7) is -0.0484. The second-order valence-electron chi connectivity index (χ2n) is 5.59. The van der Waals surface area contributed by atoms with Crippen LogP contribution in [0.15, 0.2) is 83.8 Å². The van der Waals surface area contributed by atoms with Crippen LogP contribution < -0.4 is 10.1 Å². The van der Waals surface area contributed by atoms with Gasteiger partial charge in [-0.05, 0) is 54.1 Å². The molecule has 3 aromatic rings. The summed E-state index contributed by atoms with van der Waals surface area (Å²) in [4.78, 5) is 13.2. The molecule has 0 fully saturated rings. The van der Waals surface area contributed by atoms with Gasteiger partial charge < -0.3 is 10.1 Å². The van der Waals surface area contributed by atoms with E-state index in [0.29, 0.717) is 10.8 Å². The Morgan fingerprint density at radius 1 is 0.923 bits per heavy atom. The van der Waals surface area contributed by atoms with E-state index in [1.165, 1.54) is 10.5 Å². The number of carbonyl (C=O) groups is 1. The SMILES string of the molecule is O=C(COc1ccc(Cl)cc1)Nc1ccc(CSc2ccccc2)cc1. The van der Waals surface area contributed by atoms with Gasteiger partial charge in [0, 0.05) is 21.4 Å². The molecule has 1 N–H and O–H groups in total. The van der Waals surface area contributed by atoms with Gasteiger partial charge in [-0.2, -0.15) is 0 Å². The van der Waals surface area contributed by atoms with E-state index in [4.69, 9.17) is 16.3 Å². The van der Waals surface area contributed by atoms with Crippen molar-refractivity contribution in [1.29, 1.82) is 0 Å². The molecule has 0 saturated heterocycles. The van der Waals surface area contributed by atoms with Crippen molar-refractivity contribution in [3.8, 4) is 5.75 Å². The molecule has 26 heavy (non-hydrogen) atoms. The Morgan fingerprint density at radius 2 is 1.62 bits per heavy atom. The highest BCUT2D eigenvalue weighted by atomic mass is 35.5. The van der Waals surface area contributed by atoms with E-state index < -0.39 is 0 Å². The highest BCUT2D eigenvalue weighted by Gasteiger charge is 2.04. The van der Waals surface area contributed by atoms with E-state index in [-0.39, 0.29) is 12.5 Å². The van der Waals surface area contributed by atoms with Crippen LogP contribution in [-0.2, 0) is 10.5 Å². The molecule has 3 rings (SSSR count). The lowest BCUT2D eigenvalue weighted by Crippen LogP contribution is -2.20. The molecular weight excluding hydrogens is 366 g/mol. The maximum atomic E-state index is 12.0. The van der Waals surface area contributed by atoms with E-state index in [2.05, 4.69) is 17.4 Å². The predicted octanol–water partition coefficient (Wildman–Crippen LogP) is 5.65. The summed E-state index contributed by atoms with van der Waals surface area (Å²) in [6, 6.07) is 25.0. The lowest BCUT2D eigenvalue weighted by molar-refractivity contribution is -0.118. The molecule has 0 aliphatic heterocycles. The van der Waals surface area contributed by atoms with Crippen LogP contribution in [0.3, 0.4) is 0 Å². The molecule has 0 aliphatic rings. The highest BCUT2D eigenvalue weighted by Crippen LogP contribution is 2.23. The fourth-order valence-electron chi connectivity index (χ4n) is 2.24. The van der Waals surface area contributed by atoms with Gasteiger partial charge >= 0.3 is 0 Å². The Hall–Kier alpha value is -2.43. The van der Waals surface area contributed by atoms with Crippen molar-refractivity contribution in [2.45, 2.75) is 10.6 Å². The highest BCUT2D eigenvalue weighted by molar-refractivity contribution is 7.98. The zero-order chi connectivity index (χ0) is 18.2. The normalized spacial score (nSPS) is 10.3. The molecule has 132 valence electrons. The number of thioether (sulfide) groups is 1. The van der Waals surface area contributed by atoms with Crippen molar-refractivity contribution in [2.75, 3.05) is 11.9 Å². The Bertz CT molecular complexity index is 836. The second kappa shape index (κ2) is 9.32. The quantitative estimate of drug-likeness (QED) is 0.536. The Kier molecular flexibility index (Phi) is 6.58. The summed E-state index contributed by atoms with van der Waals surface area (Å²) in [5.74, 6) is 1.29. The number of amides is 1. The van der Waals surface area contributed by atoms with Crippen molar-refractivity contribution >= 4 is 35.0 Å². The van der Waals surface area contributed by atoms with Gasteiger partial charge in [-0.15, -0.1) is 11.8 Å². The van der Waals surface area contributed by atoms with Crippen LogP contribution in [-0.4, -0.2) is 12.5 Å². The van der Waals surface area contributed by atoms with E-state index in [0.717, 1.165) is 11.4 Å². The average Bonchev–Trinajstić information content (AvgIpc) is 2.68. The van der Waals surface area contributed by atoms with Gasteiger partial charge in [0.2, 0.25) is 0 Å². The van der Waals surface area contributed by atoms with Gasteiger partial charge in [-0.3, -0.25) is 4.79 Å². The molecule has 0 aliphatic carbocycles. The molecule has 0 unspecified atom stereocenters. The van der Waals surface area contributed by atoms with Gasteiger partial charge in [0.05, 0.1) is 0 Å². The maximum Gasteiger partial charge on any atom is 0.262 e. The number of ether oxygens (including phenoxy) is 1. The molecule has 1 amide bonds. The standard InChI is InChI=1S/C21H18ClNO2S/c22-17-8-12-19(13-9-17)25-14-21(24)23-18-10-6-16(7-11-18)15-26-20-4-2-1-3-5-20/h1-13H,14-15H2,(H,23,24). The van der Waals surface area contributed by atoms with Crippen molar-refractivity contribution in [3.63, 3.8) is 0 Å². The van der Waals surface area contributed by atoms with Crippen LogP contribution in [0.1, 0.15) is 5.56 Å². The minimum atomic E-state index is -0.202. The summed E-state index contributed by atoms with van der Waals surface area (Å²) >= 11 is 7.60. The number of carbonyl (C=O) groups excluding carboxylic acids is 1. The lowest BCUT2D eigenvalue weighted by atomic mass is 10.2. The number of hydrogen-bond acceptors (Lipinski definition) is 3. The van der Waals surface area contributed by atoms with Crippen LogP contribution in [0.4, 0.5) is 5.69 Å². The first kappa shape index (κ1) is 18.4. The van der Waals surface area contributed by atoms with Gasteiger partial charge in [0.25, 0.3) is 5.91 Å². The van der Waals surface area contributed by atoms with E-state index in [1.54, 1.807) is 36.0 Å². The molecule has 3 nitrogen and oxygen atoms in total. The third-order valence-corrected chi connectivity index (χ3v) is 4.91. The monoisotopic (exact) mass is 383 g/mol. The number of anilines is 1. The van der Waals surface area contributed by atoms with Crippen molar-refractivity contribution in [1.82, 2.24) is 0 Å². The van der Waals surface area contributed by atoms with Crippen LogP contribution in [0, 0.1) is 0 Å². The second-order valence-corrected chi connectivity index (χ2v) is 7.07. The molecule has 0 saturated carbocycles. The average molecular weight is 384 g/mol. The van der Waals surface area contributed by atoms with Crippen LogP contribution in [0.25, 0.3) is 0 Å². The summed E-state index contributed by atoms with van der Waals surface area (Å²) in [5.41, 5.74) is 1.96. The van der Waals surface area contributed by atoms with Gasteiger partial charge in [0.15, 0.2) is 6.61 Å². The molecule has 0 radical (unpaired) electrons. The number of halogens is 1. The summed E-state index contributed by atoms with van der Waals surface area (Å²) in [7, 11) is 0. The molecular formula is C21H18ClNO2S. The van der Waals surface area contributed by atoms with Gasteiger partial charge in [-0.25, -0.2) is 0 Å². The third kappa shape index (κ3) is 5.83. The lowest BCUT2D eigenvalue weighted by Gasteiger charge is -2.08. The maximum absolute atomic E-state index is 12.0. The van der Waals surface area contributed by atoms with Gasteiger partial charge in [-0.1, -0.05) is 41.9 Å². The van der Waals surface area contributed by atoms with E-state index in [9.17, 15) is 4.79 Å². The van der Waals surface area contributed by atoms with Crippen molar-refractivity contribution in [2.24, 2.45) is 0 Å². The molecule has 3 aromatic carbocycles. The fourth-order valence-corrected chi connectivity index (χ4v) is 3.25. The first-order chi connectivity index (χ1) is 12.7. The molecule has 0 atom stereocenters. The molecule has 0 spiro atoms. The first-order valence-electron chi connectivity index (χ1n) is 8.14. The molecule has 5 heteroatoms. The molecule has 0 bridgehead atoms. The van der Waals surface area contributed by atoms with Crippen LogP contribution >= 0.6 is 23.4 Å². The number of nitrogens with one attached hydrogen (secondary N) is 1. The largest absolute Gasteiger partial charge is 0.484 e. The van der Waals surface area contributed by atoms with Crippen molar-refractivity contribution < 1.29 is 9.53 Å². The summed E-state index contributed by atoms with van der Waals surface area (Å²) < 4.78 is 5.43. The minimum absolute atomic E-state index is 0.0484. The third-order valence-electron chi connectivity index (χ3n) is 3.57. The number of benzene rings is 3. The summed E-state index contributed by atoms with van der Waals surface area (Å²) in [5, 5.41) is 3.46. The Morgan fingerprint density at radius 3 is 2.31 bits per heavy atom. The minimum Gasteiger partial charge on any atom is -0.484 e. The number of hydrogen-bond donors (Lipinski definition) is 1. The molecule has 0 aromatic heterocycles. The van der Waals surface area contributed by atoms with Crippen molar-refractivity contribution in [3.05, 3.63) is 89.4 Å². The van der Waals surface area contributed by atoms with E-state index >= 15 is 0 Å². The number of rotatable bonds is 7. The topological polar surface area (TPSA) is 38.3 Å². The van der Waals surface area contributed by atoms with E-state index in [1.807, 2.05) is 42.5 Å². The molecule has 0 heterocycles. The van der Waals surface area contributed by atoms with Crippen LogP contribution in [0.5, 0.6) is 5.75 Å². The predicted molar refractivity (Wildman–Crippen MR) is 108 cm³/mol. The summed E-state index contributed by atoms with van der Waals surface area (Å²) in [6.07, 6.45) is 0. The van der Waals surface area contributed by atoms with Crippen LogP contribution in [0.2, 0.25) is 5.02 Å². The zero-order valence-corrected chi connectivity index (χ0v) is 15.6. The zero-order valence-electron chi connectivity index (χ0n) is 14.0. The van der Waals surface area contributed by atoms with Gasteiger partial charge in [0.1, 0.15) is 5.75 Å². The Balaban J connectivity index is 1.45. The Labute approximate surface area is 162 Å². The fraction of sp³-hybridized carbons (Fsp3) is 0.0952.